The maximum absolute atomic E-state index is 12.5. The Morgan fingerprint density at radius 3 is 0.986 bits per heavy atom. The van der Waals surface area contributed by atoms with E-state index in [-0.39, 0.29) is 141 Å². The van der Waals surface area contributed by atoms with Crippen molar-refractivity contribution >= 4 is 75.4 Å². The Morgan fingerprint density at radius 1 is 0.400 bits per heavy atom. The van der Waals surface area contributed by atoms with E-state index in [0.29, 0.717) is 45.3 Å². The van der Waals surface area contributed by atoms with Crippen LogP contribution in [-0.4, -0.2) is 71.3 Å². The third kappa shape index (κ3) is 14.3. The molecule has 8 aromatic rings. The van der Waals surface area contributed by atoms with Crippen LogP contribution in [0.1, 0.15) is 22.3 Å². The second-order valence-electron chi connectivity index (χ2n) is 14.2. The van der Waals surface area contributed by atoms with Gasteiger partial charge >= 0.3 is 118 Å². The zero-order chi connectivity index (χ0) is 47.3. The van der Waals surface area contributed by atoms with Gasteiger partial charge in [0, 0.05) is 0 Å². The quantitative estimate of drug-likeness (QED) is 0.0428. The molecular weight excluding hydrogens is 1040 g/mol. The predicted molar refractivity (Wildman–Crippen MR) is 226 cm³/mol. The summed E-state index contributed by atoms with van der Waals surface area (Å²) in [6.07, 6.45) is 2.34. The smallest absolute Gasteiger partial charge is 0.744 e. The van der Waals surface area contributed by atoms with Crippen molar-refractivity contribution in [1.82, 2.24) is 19.4 Å². The summed E-state index contributed by atoms with van der Waals surface area (Å²) in [4.78, 5) is 2.81. The molecule has 22 nitrogen and oxygen atoms in total. The monoisotopic (exact) mass is 1060 g/mol. The van der Waals surface area contributed by atoms with Gasteiger partial charge in [0.15, 0.2) is 0 Å². The van der Waals surface area contributed by atoms with Crippen LogP contribution >= 0.6 is 0 Å². The number of hydrogen-bond acceptors (Lipinski definition) is 18. The number of benzene rings is 6. The molecule has 0 bridgehead atoms. The number of azo groups is 2. The van der Waals surface area contributed by atoms with Crippen LogP contribution < -0.4 is 118 Å². The van der Waals surface area contributed by atoms with E-state index in [4.69, 9.17) is 9.26 Å². The molecule has 6 aromatic carbocycles. The Labute approximate surface area is 488 Å². The Balaban J connectivity index is 0.00000266. The first-order chi connectivity index (χ1) is 31.0. The minimum Gasteiger partial charge on any atom is -0.744 e. The second kappa shape index (κ2) is 23.3. The van der Waals surface area contributed by atoms with Crippen molar-refractivity contribution in [2.24, 2.45) is 20.5 Å². The van der Waals surface area contributed by atoms with E-state index < -0.39 is 60.1 Å². The van der Waals surface area contributed by atoms with Crippen molar-refractivity contribution in [3.8, 4) is 22.7 Å². The van der Waals surface area contributed by atoms with E-state index in [9.17, 15) is 51.9 Å². The first-order valence-electron chi connectivity index (χ1n) is 18.6. The molecule has 0 aliphatic heterocycles. The maximum Gasteiger partial charge on any atom is 1.00 e. The van der Waals surface area contributed by atoms with Crippen LogP contribution in [0.15, 0.2) is 171 Å². The zero-order valence-corrected chi connectivity index (χ0v) is 48.9. The molecule has 70 heavy (non-hydrogen) atoms. The molecular formula is C40H28N8Na4O14S4. The summed E-state index contributed by atoms with van der Waals surface area (Å²) in [6.45, 7) is 3.46. The number of hydrogen-bond donors (Lipinski definition) is 0. The summed E-state index contributed by atoms with van der Waals surface area (Å²) in [7, 11) is -19.5. The molecule has 340 valence electrons. The summed E-state index contributed by atoms with van der Waals surface area (Å²) in [5, 5.41) is 16.4. The van der Waals surface area contributed by atoms with Gasteiger partial charge in [0.1, 0.15) is 63.2 Å². The van der Waals surface area contributed by atoms with Gasteiger partial charge in [-0.3, -0.25) is 0 Å². The molecule has 0 saturated carbocycles. The standard InChI is InChI=1S/C40H32N8O14S4.4Na/c1-25-21-31(13-19-37(25)43-41-29-7-15-35(16-8-29)63(49,50)51)45-47(61-45)33-11-5-27(39(23-33)65(55,56)57)3-4-28-6-12-34(24-40(28)66(58,59)60)48-46(62-48)32-14-20-38(26(2)22-32)44-42-30-9-17-36(18-10-30)64(52,53)54;;;;/h3-24H,1-2H3,(H,49,50,51)(H,52,53,54)(H,55,56,57)(H,58,59,60);;;;/q;4*+1/p-4/b4-3+,43-41?,44-42?;;;;. The van der Waals surface area contributed by atoms with Crippen molar-refractivity contribution in [2.75, 3.05) is 0 Å². The minimum atomic E-state index is -5.13. The largest absolute Gasteiger partial charge is 1.00 e. The van der Waals surface area contributed by atoms with E-state index in [1.54, 1.807) is 50.2 Å². The van der Waals surface area contributed by atoms with Crippen LogP contribution in [0.4, 0.5) is 22.7 Å². The molecule has 0 aliphatic carbocycles. The van der Waals surface area contributed by atoms with Crippen LogP contribution in [0.25, 0.3) is 34.9 Å². The first kappa shape index (κ1) is 59.3. The molecule has 0 radical (unpaired) electrons. The average molecular weight is 1060 g/mol. The summed E-state index contributed by atoms with van der Waals surface area (Å²) < 4.78 is 153. The van der Waals surface area contributed by atoms with Crippen molar-refractivity contribution < 1.29 is 179 Å². The Kier molecular flexibility index (Phi) is 19.7. The fourth-order valence-electron chi connectivity index (χ4n) is 6.22. The van der Waals surface area contributed by atoms with Gasteiger partial charge in [0.2, 0.25) is 0 Å². The molecule has 2 aromatic heterocycles. The third-order valence-electron chi connectivity index (χ3n) is 9.61. The first-order valence-corrected chi connectivity index (χ1v) is 24.3. The van der Waals surface area contributed by atoms with Gasteiger partial charge in [-0.25, -0.2) is 42.9 Å². The number of aromatic nitrogens is 4. The average Bonchev–Trinajstić information content (AvgIpc) is 4.20. The maximum atomic E-state index is 12.5. The van der Waals surface area contributed by atoms with Crippen LogP contribution in [-0.2, 0) is 40.5 Å². The summed E-state index contributed by atoms with van der Waals surface area (Å²) in [6, 6.07) is 27.2. The molecule has 0 amide bonds. The van der Waals surface area contributed by atoms with Gasteiger partial charge < -0.3 is 18.2 Å². The molecule has 8 rings (SSSR count). The molecule has 0 spiro atoms. The fraction of sp³-hybridized carbons (Fsp3) is 0.0500. The molecule has 2 heterocycles. The summed E-state index contributed by atoms with van der Waals surface area (Å²) in [5.41, 5.74) is 3.74. The number of aryl methyl sites for hydroxylation is 2. The third-order valence-corrected chi connectivity index (χ3v) is 13.1. The zero-order valence-electron chi connectivity index (χ0n) is 37.6. The van der Waals surface area contributed by atoms with Crippen molar-refractivity contribution in [1.29, 1.82) is 0 Å². The van der Waals surface area contributed by atoms with E-state index >= 15 is 0 Å². The molecule has 0 atom stereocenters. The number of nitrogens with zero attached hydrogens (tertiary/aromatic N) is 8. The van der Waals surface area contributed by atoms with E-state index in [1.807, 2.05) is 0 Å². The van der Waals surface area contributed by atoms with Gasteiger partial charge in [-0.1, -0.05) is 43.7 Å². The predicted octanol–water partition coefficient (Wildman–Crippen LogP) is -4.71. The van der Waals surface area contributed by atoms with E-state index in [1.165, 1.54) is 80.1 Å². The topological polar surface area (TPSA) is 324 Å². The fourth-order valence-corrected chi connectivity index (χ4v) is 8.54. The second-order valence-corrected chi connectivity index (χ2v) is 19.6. The van der Waals surface area contributed by atoms with Crippen molar-refractivity contribution in [2.45, 2.75) is 33.4 Å². The van der Waals surface area contributed by atoms with E-state index in [2.05, 4.69) is 20.5 Å². The Morgan fingerprint density at radius 2 is 0.700 bits per heavy atom. The van der Waals surface area contributed by atoms with Crippen LogP contribution in [0, 0.1) is 13.8 Å². The van der Waals surface area contributed by atoms with Crippen molar-refractivity contribution in [3.05, 3.63) is 144 Å². The molecule has 0 fully saturated rings. The molecule has 0 unspecified atom stereocenters. The SMILES string of the molecule is Cc1cc(-n2on2-c2ccc(/C=C/c3ccc(-n4on4-c4ccc(N=Nc5ccc(S(=O)(=O)[O-])cc5)c(C)c4)cc3S(=O)(=O)[O-])c(S(=O)(=O)[O-])c2)ccc1N=Nc1ccc(S(=O)(=O)[O-])cc1.[Na+].[Na+].[Na+].[Na+]. The molecule has 0 saturated heterocycles. The summed E-state index contributed by atoms with van der Waals surface area (Å²) >= 11 is 0. The van der Waals surface area contributed by atoms with Crippen LogP contribution in [0.2, 0.25) is 0 Å². The van der Waals surface area contributed by atoms with Gasteiger partial charge in [0.25, 0.3) is 0 Å². The Hall–Kier alpha value is -3.30. The van der Waals surface area contributed by atoms with E-state index in [0.717, 1.165) is 36.4 Å². The molecule has 0 N–H and O–H groups in total. The van der Waals surface area contributed by atoms with Gasteiger partial charge in [-0.05, 0) is 145 Å². The van der Waals surface area contributed by atoms with Gasteiger partial charge in [-0.15, -0.1) is 0 Å². The van der Waals surface area contributed by atoms with Crippen LogP contribution in [0.3, 0.4) is 0 Å². The van der Waals surface area contributed by atoms with Crippen molar-refractivity contribution in [3.63, 3.8) is 0 Å². The van der Waals surface area contributed by atoms with Gasteiger partial charge in [0.05, 0.1) is 42.3 Å². The Bertz CT molecular complexity index is 3500. The number of rotatable bonds is 14. The summed E-state index contributed by atoms with van der Waals surface area (Å²) in [5.74, 6) is 0. The molecule has 30 heteroatoms. The van der Waals surface area contributed by atoms with Gasteiger partial charge in [-0.2, -0.15) is 20.5 Å². The molecule has 0 aliphatic rings. The minimum absolute atomic E-state index is 0. The van der Waals surface area contributed by atoms with Crippen LogP contribution in [0.5, 0.6) is 0 Å². The normalized spacial score (nSPS) is 12.3.